The molecule has 0 aliphatic carbocycles. The van der Waals surface area contributed by atoms with E-state index in [1.54, 1.807) is 48.5 Å². The normalized spacial score (nSPS) is 11.8. The monoisotopic (exact) mass is 418 g/mol. The number of anilines is 1. The number of aryl methyl sites for hydroxylation is 1. The molecular weight excluding hydrogens is 388 g/mol. The second-order valence-electron chi connectivity index (χ2n) is 7.51. The summed E-state index contributed by atoms with van der Waals surface area (Å²) in [6.45, 7) is 9.51. The molecule has 2 aromatic rings. The molecular formula is C22H30N2O4S. The largest absolute Gasteiger partial charge is 0.492 e. The first-order chi connectivity index (χ1) is 13.6. The number of para-hydroxylation sites is 2. The molecule has 0 unspecified atom stereocenters. The third kappa shape index (κ3) is 5.73. The van der Waals surface area contributed by atoms with Crippen molar-refractivity contribution in [2.45, 2.75) is 51.5 Å². The van der Waals surface area contributed by atoms with E-state index >= 15 is 0 Å². The lowest BCUT2D eigenvalue weighted by atomic mass is 10.0. The first kappa shape index (κ1) is 22.7. The molecule has 158 valence electrons. The number of rotatable bonds is 9. The number of nitrogens with one attached hydrogen (secondary N) is 1. The van der Waals surface area contributed by atoms with E-state index in [0.29, 0.717) is 18.0 Å². The van der Waals surface area contributed by atoms with Crippen molar-refractivity contribution < 1.29 is 17.9 Å². The maximum atomic E-state index is 13.5. The van der Waals surface area contributed by atoms with Gasteiger partial charge in [0.1, 0.15) is 12.3 Å². The van der Waals surface area contributed by atoms with E-state index in [-0.39, 0.29) is 17.3 Å². The number of hydrogen-bond donors (Lipinski definition) is 1. The van der Waals surface area contributed by atoms with Crippen LogP contribution in [0, 0.1) is 6.92 Å². The summed E-state index contributed by atoms with van der Waals surface area (Å²) in [5.74, 6) is 0.0343. The second kappa shape index (κ2) is 9.31. The molecule has 29 heavy (non-hydrogen) atoms. The molecule has 6 nitrogen and oxygen atoms in total. The van der Waals surface area contributed by atoms with Gasteiger partial charge in [0, 0.05) is 5.54 Å². The molecule has 0 aliphatic heterocycles. The second-order valence-corrected chi connectivity index (χ2v) is 9.37. The minimum Gasteiger partial charge on any atom is -0.492 e. The van der Waals surface area contributed by atoms with Crippen molar-refractivity contribution in [3.8, 4) is 5.75 Å². The number of benzene rings is 2. The van der Waals surface area contributed by atoms with Crippen molar-refractivity contribution in [1.82, 2.24) is 5.32 Å². The molecule has 0 aliphatic rings. The Kier molecular flexibility index (Phi) is 7.30. The minimum absolute atomic E-state index is 0.122. The Morgan fingerprint density at radius 3 is 2.28 bits per heavy atom. The molecule has 1 amide bonds. The highest BCUT2D eigenvalue weighted by molar-refractivity contribution is 7.92. The summed E-state index contributed by atoms with van der Waals surface area (Å²) in [4.78, 5) is 12.9. The summed E-state index contributed by atoms with van der Waals surface area (Å²) >= 11 is 0. The molecule has 0 spiro atoms. The Morgan fingerprint density at radius 1 is 1.07 bits per heavy atom. The van der Waals surface area contributed by atoms with Crippen LogP contribution in [0.3, 0.4) is 0 Å². The highest BCUT2D eigenvalue weighted by Gasteiger charge is 2.30. The van der Waals surface area contributed by atoms with Gasteiger partial charge in [0.15, 0.2) is 0 Å². The minimum atomic E-state index is -3.98. The van der Waals surface area contributed by atoms with Crippen LogP contribution >= 0.6 is 0 Å². The predicted molar refractivity (Wildman–Crippen MR) is 116 cm³/mol. The van der Waals surface area contributed by atoms with Crippen molar-refractivity contribution in [3.05, 3.63) is 54.1 Å². The number of hydrogen-bond acceptors (Lipinski definition) is 4. The Labute approximate surface area is 173 Å². The van der Waals surface area contributed by atoms with Crippen LogP contribution in [0.1, 0.15) is 39.7 Å². The molecule has 2 rings (SSSR count). The van der Waals surface area contributed by atoms with Crippen molar-refractivity contribution in [2.24, 2.45) is 0 Å². The number of amides is 1. The van der Waals surface area contributed by atoms with Gasteiger partial charge in [-0.15, -0.1) is 0 Å². The fourth-order valence-electron chi connectivity index (χ4n) is 2.71. The van der Waals surface area contributed by atoms with Gasteiger partial charge in [-0.05, 0) is 58.4 Å². The van der Waals surface area contributed by atoms with Crippen LogP contribution in [-0.2, 0) is 14.8 Å². The van der Waals surface area contributed by atoms with E-state index in [0.717, 1.165) is 16.3 Å². The summed E-state index contributed by atoms with van der Waals surface area (Å²) in [5, 5.41) is 2.90. The first-order valence-electron chi connectivity index (χ1n) is 9.73. The van der Waals surface area contributed by atoms with Gasteiger partial charge in [0.2, 0.25) is 5.91 Å². The van der Waals surface area contributed by atoms with Gasteiger partial charge in [-0.1, -0.05) is 36.8 Å². The summed E-state index contributed by atoms with van der Waals surface area (Å²) in [6, 6.07) is 13.4. The van der Waals surface area contributed by atoms with Crippen LogP contribution in [0.15, 0.2) is 53.4 Å². The fourth-order valence-corrected chi connectivity index (χ4v) is 4.15. The van der Waals surface area contributed by atoms with Gasteiger partial charge in [0.05, 0.1) is 17.2 Å². The van der Waals surface area contributed by atoms with Gasteiger partial charge in [-0.2, -0.15) is 0 Å². The van der Waals surface area contributed by atoms with E-state index < -0.39 is 15.6 Å². The Balaban J connectivity index is 2.51. The number of carbonyl (C=O) groups is 1. The van der Waals surface area contributed by atoms with Crippen LogP contribution in [0.5, 0.6) is 5.75 Å². The van der Waals surface area contributed by atoms with E-state index in [2.05, 4.69) is 5.32 Å². The molecule has 1 N–H and O–H groups in total. The fraction of sp³-hybridized carbons (Fsp3) is 0.409. The Morgan fingerprint density at radius 2 is 1.69 bits per heavy atom. The molecule has 0 saturated heterocycles. The summed E-state index contributed by atoms with van der Waals surface area (Å²) < 4.78 is 33.7. The van der Waals surface area contributed by atoms with Gasteiger partial charge < -0.3 is 10.1 Å². The number of carbonyl (C=O) groups excluding carboxylic acids is 1. The van der Waals surface area contributed by atoms with E-state index in [1.807, 2.05) is 34.6 Å². The summed E-state index contributed by atoms with van der Waals surface area (Å²) in [7, 11) is -3.98. The molecule has 0 heterocycles. The predicted octanol–water partition coefficient (Wildman–Crippen LogP) is 3.89. The molecule has 0 bridgehead atoms. The van der Waals surface area contributed by atoms with Crippen LogP contribution in [0.25, 0.3) is 0 Å². The van der Waals surface area contributed by atoms with Gasteiger partial charge >= 0.3 is 0 Å². The van der Waals surface area contributed by atoms with Crippen molar-refractivity contribution in [3.63, 3.8) is 0 Å². The molecule has 0 fully saturated rings. The van der Waals surface area contributed by atoms with E-state index in [1.165, 1.54) is 0 Å². The summed E-state index contributed by atoms with van der Waals surface area (Å²) in [5.41, 5.74) is 0.850. The molecule has 2 aromatic carbocycles. The van der Waals surface area contributed by atoms with E-state index in [9.17, 15) is 13.2 Å². The lowest BCUT2D eigenvalue weighted by Crippen LogP contribution is -2.48. The van der Waals surface area contributed by atoms with Crippen LogP contribution in [0.4, 0.5) is 5.69 Å². The van der Waals surface area contributed by atoms with E-state index in [4.69, 9.17) is 4.74 Å². The lowest BCUT2D eigenvalue weighted by molar-refractivity contribution is -0.121. The molecule has 0 radical (unpaired) electrons. The summed E-state index contributed by atoms with van der Waals surface area (Å²) in [6.07, 6.45) is 0.721. The third-order valence-electron chi connectivity index (χ3n) is 4.69. The smallest absolute Gasteiger partial charge is 0.264 e. The van der Waals surface area contributed by atoms with Gasteiger partial charge in [-0.25, -0.2) is 8.42 Å². The quantitative estimate of drug-likeness (QED) is 0.670. The molecule has 7 heteroatoms. The molecule has 0 atom stereocenters. The maximum absolute atomic E-state index is 13.5. The number of ether oxygens (including phenoxy) is 1. The SMILES string of the molecule is CCOc1ccccc1N(CC(=O)NC(C)(C)CC)S(=O)(=O)c1ccc(C)cc1. The van der Waals surface area contributed by atoms with Gasteiger partial charge in [0.25, 0.3) is 10.0 Å². The molecule has 0 aromatic heterocycles. The van der Waals surface area contributed by atoms with Gasteiger partial charge in [-0.3, -0.25) is 9.10 Å². The zero-order valence-corrected chi connectivity index (χ0v) is 18.5. The van der Waals surface area contributed by atoms with Crippen molar-refractivity contribution in [1.29, 1.82) is 0 Å². The Bertz CT molecular complexity index is 938. The maximum Gasteiger partial charge on any atom is 0.264 e. The average Bonchev–Trinajstić information content (AvgIpc) is 2.67. The zero-order valence-electron chi connectivity index (χ0n) is 17.7. The van der Waals surface area contributed by atoms with Crippen LogP contribution < -0.4 is 14.4 Å². The molecule has 0 saturated carbocycles. The highest BCUT2D eigenvalue weighted by Crippen LogP contribution is 2.32. The van der Waals surface area contributed by atoms with Crippen LogP contribution in [-0.4, -0.2) is 33.0 Å². The number of sulfonamides is 1. The average molecular weight is 419 g/mol. The standard InChI is InChI=1S/C22H30N2O4S/c1-6-22(4,5)23-21(25)16-24(19-10-8-9-11-20(19)28-7-2)29(26,27)18-14-12-17(3)13-15-18/h8-15H,6-7,16H2,1-5H3,(H,23,25). The topological polar surface area (TPSA) is 75.7 Å². The Hall–Kier alpha value is -2.54. The third-order valence-corrected chi connectivity index (χ3v) is 6.47. The number of nitrogens with zero attached hydrogens (tertiary/aromatic N) is 1. The highest BCUT2D eigenvalue weighted by atomic mass is 32.2. The van der Waals surface area contributed by atoms with Crippen LogP contribution in [0.2, 0.25) is 0 Å². The lowest BCUT2D eigenvalue weighted by Gasteiger charge is -2.29. The zero-order chi connectivity index (χ0) is 21.7. The van der Waals surface area contributed by atoms with Crippen molar-refractivity contribution in [2.75, 3.05) is 17.5 Å². The first-order valence-corrected chi connectivity index (χ1v) is 11.2. The van der Waals surface area contributed by atoms with Crippen molar-refractivity contribution >= 4 is 21.6 Å².